The quantitative estimate of drug-likeness (QED) is 0.473. The van der Waals surface area contributed by atoms with Gasteiger partial charge in [0.05, 0.1) is 4.90 Å². The van der Waals surface area contributed by atoms with Crippen molar-refractivity contribution < 1.29 is 18.0 Å². The highest BCUT2D eigenvalue weighted by atomic mass is 32.2. The highest BCUT2D eigenvalue weighted by molar-refractivity contribution is 7.90. The lowest BCUT2D eigenvalue weighted by molar-refractivity contribution is 0.0979. The Kier molecular flexibility index (Phi) is 5.75. The van der Waals surface area contributed by atoms with Crippen molar-refractivity contribution in [3.8, 4) is 0 Å². The van der Waals surface area contributed by atoms with Crippen LogP contribution in [-0.2, 0) is 10.0 Å². The normalized spacial score (nSPS) is 11.2. The minimum absolute atomic E-state index is 0.0497. The van der Waals surface area contributed by atoms with Gasteiger partial charge in [-0.2, -0.15) is 0 Å². The lowest BCUT2D eigenvalue weighted by Gasteiger charge is -2.14. The van der Waals surface area contributed by atoms with Crippen LogP contribution in [0.3, 0.4) is 0 Å². The van der Waals surface area contributed by atoms with Crippen LogP contribution < -0.4 is 10.0 Å². The summed E-state index contributed by atoms with van der Waals surface area (Å²) in [5, 5.41) is 3.80. The van der Waals surface area contributed by atoms with E-state index in [-0.39, 0.29) is 16.4 Å². The van der Waals surface area contributed by atoms with E-state index in [2.05, 4.69) is 10.0 Å². The van der Waals surface area contributed by atoms with E-state index in [1.807, 2.05) is 19.1 Å². The number of carbonyl (C=O) groups excluding carboxylic acids is 2. The van der Waals surface area contributed by atoms with E-state index in [0.717, 1.165) is 5.56 Å². The molecule has 0 unspecified atom stereocenters. The Bertz CT molecular complexity index is 1430. The van der Waals surface area contributed by atoms with Gasteiger partial charge in [-0.1, -0.05) is 60.7 Å². The summed E-state index contributed by atoms with van der Waals surface area (Å²) in [4.78, 5) is 25.2. The molecule has 0 bridgehead atoms. The number of fused-ring (bicyclic) bond motifs is 1. The predicted octanol–water partition coefficient (Wildman–Crippen LogP) is 4.52. The van der Waals surface area contributed by atoms with Crippen molar-refractivity contribution in [2.24, 2.45) is 0 Å². The number of hydrogen-bond acceptors (Lipinski definition) is 4. The van der Waals surface area contributed by atoms with Gasteiger partial charge in [-0.05, 0) is 42.8 Å². The smallest absolute Gasteiger partial charge is 0.264 e. The second kappa shape index (κ2) is 8.64. The summed E-state index contributed by atoms with van der Waals surface area (Å²) >= 11 is 0. The molecular weight excluding hydrogens is 424 g/mol. The van der Waals surface area contributed by atoms with Gasteiger partial charge >= 0.3 is 0 Å². The van der Waals surface area contributed by atoms with E-state index in [9.17, 15) is 18.0 Å². The zero-order valence-corrected chi connectivity index (χ0v) is 18.0. The van der Waals surface area contributed by atoms with Gasteiger partial charge in [-0.15, -0.1) is 0 Å². The van der Waals surface area contributed by atoms with Crippen LogP contribution in [0.1, 0.15) is 26.3 Å². The fourth-order valence-electron chi connectivity index (χ4n) is 3.46. The summed E-state index contributed by atoms with van der Waals surface area (Å²) in [6.45, 7) is 1.85. The third kappa shape index (κ3) is 4.24. The molecule has 0 saturated heterocycles. The monoisotopic (exact) mass is 444 g/mol. The standard InChI is InChI=1S/C25H20N2O4S/c1-17-9-5-6-12-19(17)25(29)26-22-15-16-23(21-14-8-7-13-20(21)22)32(30,31)27-24(28)18-10-3-2-4-11-18/h2-16H,1H3,(H,26,29)(H,27,28). The van der Waals surface area contributed by atoms with E-state index < -0.39 is 15.9 Å². The lowest BCUT2D eigenvalue weighted by Crippen LogP contribution is -2.30. The molecule has 6 nitrogen and oxygen atoms in total. The van der Waals surface area contributed by atoms with Gasteiger partial charge in [-0.3, -0.25) is 9.59 Å². The van der Waals surface area contributed by atoms with Gasteiger partial charge in [-0.25, -0.2) is 13.1 Å². The molecule has 4 rings (SSSR count). The molecule has 0 aliphatic heterocycles. The maximum atomic E-state index is 13.0. The average molecular weight is 445 g/mol. The van der Waals surface area contributed by atoms with Gasteiger partial charge in [0, 0.05) is 27.6 Å². The topological polar surface area (TPSA) is 92.3 Å². The van der Waals surface area contributed by atoms with Crippen molar-refractivity contribution in [2.75, 3.05) is 5.32 Å². The molecule has 7 heteroatoms. The van der Waals surface area contributed by atoms with E-state index in [4.69, 9.17) is 0 Å². The van der Waals surface area contributed by atoms with Crippen molar-refractivity contribution in [1.29, 1.82) is 0 Å². The Balaban J connectivity index is 1.70. The Morgan fingerprint density at radius 1 is 0.688 bits per heavy atom. The molecule has 2 N–H and O–H groups in total. The molecule has 0 aliphatic rings. The fourth-order valence-corrected chi connectivity index (χ4v) is 4.64. The first-order valence-electron chi connectivity index (χ1n) is 9.88. The summed E-state index contributed by atoms with van der Waals surface area (Å²) in [6.07, 6.45) is 0. The van der Waals surface area contributed by atoms with Gasteiger partial charge < -0.3 is 5.32 Å². The molecule has 0 heterocycles. The first kappa shape index (κ1) is 21.3. The van der Waals surface area contributed by atoms with Crippen molar-refractivity contribution in [3.63, 3.8) is 0 Å². The van der Waals surface area contributed by atoms with Crippen molar-refractivity contribution in [3.05, 3.63) is 108 Å². The van der Waals surface area contributed by atoms with Crippen LogP contribution in [0.4, 0.5) is 5.69 Å². The molecule has 0 aromatic heterocycles. The highest BCUT2D eigenvalue weighted by Gasteiger charge is 2.22. The van der Waals surface area contributed by atoms with Crippen LogP contribution in [0.25, 0.3) is 10.8 Å². The summed E-state index contributed by atoms with van der Waals surface area (Å²) in [5.74, 6) is -1.01. The first-order valence-corrected chi connectivity index (χ1v) is 11.4. The van der Waals surface area contributed by atoms with Crippen LogP contribution >= 0.6 is 0 Å². The number of sulfonamides is 1. The van der Waals surface area contributed by atoms with Gasteiger partial charge in [0.2, 0.25) is 0 Å². The van der Waals surface area contributed by atoms with Crippen molar-refractivity contribution >= 4 is 38.3 Å². The molecule has 0 saturated carbocycles. The van der Waals surface area contributed by atoms with Crippen molar-refractivity contribution in [2.45, 2.75) is 11.8 Å². The maximum Gasteiger partial charge on any atom is 0.264 e. The Morgan fingerprint density at radius 2 is 1.31 bits per heavy atom. The number of benzene rings is 4. The van der Waals surface area contributed by atoms with Gasteiger partial charge in [0.1, 0.15) is 0 Å². The molecular formula is C25H20N2O4S. The number of rotatable bonds is 5. The summed E-state index contributed by atoms with van der Waals surface area (Å²) in [5.41, 5.74) is 2.07. The SMILES string of the molecule is Cc1ccccc1C(=O)Nc1ccc(S(=O)(=O)NC(=O)c2ccccc2)c2ccccc12. The van der Waals surface area contributed by atoms with Crippen molar-refractivity contribution in [1.82, 2.24) is 4.72 Å². The molecule has 32 heavy (non-hydrogen) atoms. The largest absolute Gasteiger partial charge is 0.321 e. The van der Waals surface area contributed by atoms with Gasteiger partial charge in [0.15, 0.2) is 0 Å². The summed E-state index contributed by atoms with van der Waals surface area (Å²) < 4.78 is 28.1. The molecule has 0 fully saturated rings. The van der Waals surface area contributed by atoms with Crippen LogP contribution in [0, 0.1) is 6.92 Å². The number of hydrogen-bond donors (Lipinski definition) is 2. The fraction of sp³-hybridized carbons (Fsp3) is 0.0400. The zero-order valence-electron chi connectivity index (χ0n) is 17.2. The molecule has 160 valence electrons. The second-order valence-corrected chi connectivity index (χ2v) is 8.88. The molecule has 0 atom stereocenters. The number of nitrogens with one attached hydrogen (secondary N) is 2. The van der Waals surface area contributed by atoms with Crippen LogP contribution in [-0.4, -0.2) is 20.2 Å². The third-order valence-corrected chi connectivity index (χ3v) is 6.46. The second-order valence-electron chi connectivity index (χ2n) is 7.23. The number of carbonyl (C=O) groups is 2. The minimum Gasteiger partial charge on any atom is -0.321 e. The van der Waals surface area contributed by atoms with E-state index >= 15 is 0 Å². The highest BCUT2D eigenvalue weighted by Crippen LogP contribution is 2.30. The lowest BCUT2D eigenvalue weighted by atomic mass is 10.1. The first-order chi connectivity index (χ1) is 15.4. The molecule has 0 aliphatic carbocycles. The number of amides is 2. The Hall–Kier alpha value is -3.97. The van der Waals surface area contributed by atoms with Crippen LogP contribution in [0.5, 0.6) is 0 Å². The summed E-state index contributed by atoms with van der Waals surface area (Å²) in [6, 6.07) is 25.1. The molecule has 0 radical (unpaired) electrons. The van der Waals surface area contributed by atoms with E-state index in [0.29, 0.717) is 22.0 Å². The van der Waals surface area contributed by atoms with Crippen LogP contribution in [0.15, 0.2) is 95.9 Å². The summed E-state index contributed by atoms with van der Waals surface area (Å²) in [7, 11) is -4.15. The third-order valence-electron chi connectivity index (χ3n) is 5.07. The molecule has 0 spiro atoms. The molecule has 4 aromatic carbocycles. The molecule has 2 amide bonds. The van der Waals surface area contributed by atoms with Gasteiger partial charge in [0.25, 0.3) is 21.8 Å². The van der Waals surface area contributed by atoms with Crippen LogP contribution in [0.2, 0.25) is 0 Å². The Labute approximate surface area is 186 Å². The minimum atomic E-state index is -4.15. The van der Waals surface area contributed by atoms with E-state index in [1.54, 1.807) is 54.6 Å². The number of aryl methyl sites for hydroxylation is 1. The predicted molar refractivity (Wildman–Crippen MR) is 124 cm³/mol. The zero-order chi connectivity index (χ0) is 22.7. The molecule has 4 aromatic rings. The Morgan fingerprint density at radius 3 is 2.03 bits per heavy atom. The number of anilines is 1. The maximum absolute atomic E-state index is 13.0. The average Bonchev–Trinajstić information content (AvgIpc) is 2.79. The van der Waals surface area contributed by atoms with E-state index in [1.165, 1.54) is 24.3 Å².